The number of nitro groups is 1. The lowest BCUT2D eigenvalue weighted by Crippen LogP contribution is -2.55. The van der Waals surface area contributed by atoms with Crippen LogP contribution >= 0.6 is 69.6 Å². The summed E-state index contributed by atoms with van der Waals surface area (Å²) in [4.78, 5) is 48.0. The Labute approximate surface area is 243 Å². The molecule has 0 spiro atoms. The van der Waals surface area contributed by atoms with Crippen LogP contribution in [0.25, 0.3) is 0 Å². The second-order valence-corrected chi connectivity index (χ2v) is 12.1. The van der Waals surface area contributed by atoms with Crippen LogP contribution in [-0.2, 0) is 16.1 Å². The van der Waals surface area contributed by atoms with Crippen molar-refractivity contribution in [2.45, 2.75) is 20.6 Å². The highest BCUT2D eigenvalue weighted by Crippen LogP contribution is 2.77. The topological polar surface area (TPSA) is 101 Å². The number of para-hydroxylation sites is 1. The molecule has 1 saturated heterocycles. The van der Waals surface area contributed by atoms with Crippen molar-refractivity contribution in [3.05, 3.63) is 85.7 Å². The zero-order valence-electron chi connectivity index (χ0n) is 18.5. The van der Waals surface area contributed by atoms with E-state index in [0.29, 0.717) is 10.0 Å². The molecule has 2 fully saturated rings. The first kappa shape index (κ1) is 27.4. The third-order valence-corrected chi connectivity index (χ3v) is 11.2. The van der Waals surface area contributed by atoms with E-state index in [1.54, 1.807) is 0 Å². The van der Waals surface area contributed by atoms with E-state index in [1.165, 1.54) is 30.3 Å². The number of carbonyl (C=O) groups excluding carboxylic acids is 3. The number of benzene rings is 2. The summed E-state index contributed by atoms with van der Waals surface area (Å²) in [5.41, 5.74) is -1.17. The molecule has 38 heavy (non-hydrogen) atoms. The number of halogens is 7. The molecule has 198 valence electrons. The summed E-state index contributed by atoms with van der Waals surface area (Å²) in [5, 5.41) is 12.0. The minimum atomic E-state index is -2.21. The summed E-state index contributed by atoms with van der Waals surface area (Å²) in [6.45, 7) is -0.666. The Bertz CT molecular complexity index is 1440. The van der Waals surface area contributed by atoms with Gasteiger partial charge in [-0.3, -0.25) is 24.5 Å². The van der Waals surface area contributed by atoms with Crippen molar-refractivity contribution in [3.63, 3.8) is 0 Å². The molecule has 5 rings (SSSR count). The molecule has 1 aliphatic heterocycles. The van der Waals surface area contributed by atoms with Crippen LogP contribution in [0.1, 0.15) is 15.9 Å². The van der Waals surface area contributed by atoms with Crippen LogP contribution in [0.2, 0.25) is 0 Å². The summed E-state index contributed by atoms with van der Waals surface area (Å²) in [5.74, 6) is -7.19. The molecule has 15 heteroatoms. The number of allylic oxidation sites excluding steroid dienone is 2. The molecule has 2 aromatic carbocycles. The third-order valence-electron chi connectivity index (χ3n) is 6.97. The highest BCUT2D eigenvalue weighted by molar-refractivity contribution is 6.66. The number of carbonyl (C=O) groups is 3. The fraction of sp³-hybridized carbons (Fsp3) is 0.261. The molecule has 2 bridgehead atoms. The van der Waals surface area contributed by atoms with Gasteiger partial charge in [0.1, 0.15) is 21.1 Å². The second kappa shape index (κ2) is 8.94. The fourth-order valence-corrected chi connectivity index (χ4v) is 8.12. The summed E-state index contributed by atoms with van der Waals surface area (Å²) in [7, 11) is 0. The van der Waals surface area contributed by atoms with Gasteiger partial charge in [0.2, 0.25) is 0 Å². The number of nitro benzene ring substituents is 1. The van der Waals surface area contributed by atoms with Gasteiger partial charge in [0.15, 0.2) is 4.33 Å². The number of hydrogen-bond acceptors (Lipinski definition) is 5. The average Bonchev–Trinajstić information content (AvgIpc) is 3.26. The molecule has 0 N–H and O–H groups in total. The van der Waals surface area contributed by atoms with E-state index in [2.05, 4.69) is 0 Å². The van der Waals surface area contributed by atoms with Gasteiger partial charge < -0.3 is 0 Å². The highest BCUT2D eigenvalue weighted by atomic mass is 35.5. The summed E-state index contributed by atoms with van der Waals surface area (Å²) < 4.78 is 12.4. The zero-order chi connectivity index (χ0) is 27.9. The average molecular weight is 642 g/mol. The van der Waals surface area contributed by atoms with Crippen molar-refractivity contribution >= 4 is 93.0 Å². The van der Waals surface area contributed by atoms with Crippen LogP contribution in [0.5, 0.6) is 0 Å². The Morgan fingerprint density at radius 3 is 1.97 bits per heavy atom. The number of imide groups is 1. The van der Waals surface area contributed by atoms with E-state index in [0.717, 1.165) is 18.2 Å². The number of amides is 3. The van der Waals surface area contributed by atoms with Crippen LogP contribution in [0.4, 0.5) is 10.1 Å². The predicted octanol–water partition coefficient (Wildman–Crippen LogP) is 5.74. The minimum absolute atomic E-state index is 0.0977. The van der Waals surface area contributed by atoms with Crippen LogP contribution < -0.4 is 0 Å². The number of rotatable bonds is 5. The lowest BCUT2D eigenvalue weighted by atomic mass is 9.84. The maximum absolute atomic E-state index is 14.6. The van der Waals surface area contributed by atoms with Gasteiger partial charge >= 0.3 is 0 Å². The van der Waals surface area contributed by atoms with Gasteiger partial charge in [-0.1, -0.05) is 76.7 Å². The monoisotopic (exact) mass is 639 g/mol. The molecule has 0 unspecified atom stereocenters. The predicted molar refractivity (Wildman–Crippen MR) is 139 cm³/mol. The SMILES string of the molecule is O=C(c1ccccc1[N+](=O)[O-])N(Cc1ccccc1F)N1C(=O)[C@H]2[C@H](C1=O)[C@@]1(Cl)C(Cl)=C(Cl)[C@@]2(Cl)C1(Cl)Cl. The largest absolute Gasteiger partial charge is 0.282 e. The normalized spacial score (nSPS) is 29.2. The van der Waals surface area contributed by atoms with Gasteiger partial charge in [0, 0.05) is 11.6 Å². The van der Waals surface area contributed by atoms with Gasteiger partial charge in [-0.2, -0.15) is 5.01 Å². The molecule has 8 nitrogen and oxygen atoms in total. The quantitative estimate of drug-likeness (QED) is 0.179. The highest BCUT2D eigenvalue weighted by Gasteiger charge is 2.88. The van der Waals surface area contributed by atoms with E-state index in [1.807, 2.05) is 0 Å². The number of nitrogens with zero attached hydrogens (tertiary/aromatic N) is 3. The van der Waals surface area contributed by atoms with E-state index < -0.39 is 72.2 Å². The van der Waals surface area contributed by atoms with Gasteiger partial charge in [-0.05, 0) is 12.1 Å². The molecule has 2 aromatic rings. The summed E-state index contributed by atoms with van der Waals surface area (Å²) in [6.07, 6.45) is 0. The lowest BCUT2D eigenvalue weighted by molar-refractivity contribution is -0.385. The van der Waals surface area contributed by atoms with Gasteiger partial charge in [0.05, 0.1) is 33.4 Å². The first-order valence-corrected chi connectivity index (χ1v) is 13.0. The number of hydrazine groups is 1. The molecule has 3 amide bonds. The van der Waals surface area contributed by atoms with Crippen molar-refractivity contribution in [2.24, 2.45) is 11.8 Å². The van der Waals surface area contributed by atoms with Crippen molar-refractivity contribution < 1.29 is 23.7 Å². The van der Waals surface area contributed by atoms with Crippen LogP contribution in [-0.4, -0.2) is 46.7 Å². The molecule has 2 aliphatic carbocycles. The van der Waals surface area contributed by atoms with Crippen molar-refractivity contribution in [1.29, 1.82) is 0 Å². The van der Waals surface area contributed by atoms with E-state index in [9.17, 15) is 28.9 Å². The zero-order valence-corrected chi connectivity index (χ0v) is 23.0. The Morgan fingerprint density at radius 1 is 0.947 bits per heavy atom. The Morgan fingerprint density at radius 2 is 1.45 bits per heavy atom. The maximum Gasteiger partial charge on any atom is 0.282 e. The smallest absolute Gasteiger partial charge is 0.272 e. The lowest BCUT2D eigenvalue weighted by Gasteiger charge is -2.37. The van der Waals surface area contributed by atoms with E-state index in [4.69, 9.17) is 69.6 Å². The van der Waals surface area contributed by atoms with Gasteiger partial charge in [-0.25, -0.2) is 9.40 Å². The molecular formula is C23H12Cl6FN3O5. The van der Waals surface area contributed by atoms with Crippen molar-refractivity contribution in [3.8, 4) is 0 Å². The number of alkyl halides is 4. The first-order chi connectivity index (χ1) is 17.7. The van der Waals surface area contributed by atoms with Crippen LogP contribution in [0.15, 0.2) is 58.6 Å². The van der Waals surface area contributed by atoms with E-state index in [-0.39, 0.29) is 15.6 Å². The molecule has 3 aliphatic rings. The summed E-state index contributed by atoms with van der Waals surface area (Å²) >= 11 is 39.1. The maximum atomic E-state index is 14.6. The number of hydrogen-bond donors (Lipinski definition) is 0. The molecule has 0 radical (unpaired) electrons. The van der Waals surface area contributed by atoms with Gasteiger partial charge in [0.25, 0.3) is 23.4 Å². The number of fused-ring (bicyclic) bond motifs is 5. The first-order valence-electron chi connectivity index (χ1n) is 10.7. The molecule has 1 heterocycles. The van der Waals surface area contributed by atoms with E-state index >= 15 is 0 Å². The minimum Gasteiger partial charge on any atom is -0.272 e. The summed E-state index contributed by atoms with van der Waals surface area (Å²) in [6, 6.07) is 10.2. The molecule has 1 saturated carbocycles. The molecule has 4 atom stereocenters. The Balaban J connectivity index is 1.66. The Kier molecular flexibility index (Phi) is 6.45. The fourth-order valence-electron chi connectivity index (χ4n) is 5.19. The van der Waals surface area contributed by atoms with Crippen LogP contribution in [0.3, 0.4) is 0 Å². The Hall–Kier alpha value is -2.14. The molecule has 0 aromatic heterocycles. The molecular weight excluding hydrogens is 630 g/mol. The van der Waals surface area contributed by atoms with Crippen molar-refractivity contribution in [2.75, 3.05) is 0 Å². The van der Waals surface area contributed by atoms with Crippen molar-refractivity contribution in [1.82, 2.24) is 10.0 Å². The third kappa shape index (κ3) is 3.26. The van der Waals surface area contributed by atoms with Crippen LogP contribution in [0, 0.1) is 27.8 Å². The second-order valence-electron chi connectivity index (χ2n) is 8.80. The standard InChI is InChI=1S/C23H12Cl6FN3O5/c24-16-17(25)22(27)15-14(21(16,26)23(22,28)29)19(35)32(20(15)36)31(9-10-5-1-3-7-12(10)30)18(34)11-6-2-4-8-13(11)33(37)38/h1-8,14-15H,9H2/t14-,15-,21-,22-/m1/s1. The van der Waals surface area contributed by atoms with Gasteiger partial charge in [-0.15, -0.1) is 23.2 Å².